The van der Waals surface area contributed by atoms with Crippen molar-refractivity contribution in [1.29, 1.82) is 0 Å². The van der Waals surface area contributed by atoms with Crippen molar-refractivity contribution in [3.8, 4) is 11.1 Å². The van der Waals surface area contributed by atoms with Gasteiger partial charge in [-0.25, -0.2) is 9.37 Å². The Hall–Kier alpha value is -4.46. The molecule has 1 aliphatic rings. The first-order valence-corrected chi connectivity index (χ1v) is 11.6. The molecular formula is C28H25FN4O3. The first-order valence-electron chi connectivity index (χ1n) is 11.6. The monoisotopic (exact) mass is 484 g/mol. The van der Waals surface area contributed by atoms with E-state index < -0.39 is 6.17 Å². The molecule has 1 fully saturated rings. The van der Waals surface area contributed by atoms with Crippen LogP contribution < -0.4 is 11.1 Å². The van der Waals surface area contributed by atoms with E-state index >= 15 is 0 Å². The van der Waals surface area contributed by atoms with Gasteiger partial charge in [-0.1, -0.05) is 12.1 Å². The average molecular weight is 485 g/mol. The van der Waals surface area contributed by atoms with Crippen LogP contribution in [0, 0.1) is 6.92 Å². The van der Waals surface area contributed by atoms with E-state index in [-0.39, 0.29) is 31.4 Å². The van der Waals surface area contributed by atoms with E-state index in [1.54, 1.807) is 36.5 Å². The Kier molecular flexibility index (Phi) is 6.25. The minimum absolute atomic E-state index is 0.149. The molecule has 2 amide bonds. The van der Waals surface area contributed by atoms with Gasteiger partial charge in [0.1, 0.15) is 23.3 Å². The van der Waals surface area contributed by atoms with E-state index in [9.17, 15) is 14.0 Å². The Labute approximate surface area is 207 Å². The Morgan fingerprint density at radius 2 is 1.92 bits per heavy atom. The molecule has 3 N–H and O–H groups in total. The standard InChI is InChI=1S/C28H25FN4O3/c1-17-10-21(19-4-6-20(7-5-19)28(35)33-15-23(29)16-33)11-22-12-24(36-27(17)22)14-32-26(34)9-3-18-2-8-25(30)31-13-18/h2-13,23H,14-16H2,1H3,(H2,30,31)(H,32,34)/b9-3+. The molecule has 2 aromatic carbocycles. The van der Waals surface area contributed by atoms with Crippen molar-refractivity contribution in [2.24, 2.45) is 0 Å². The average Bonchev–Trinajstić information content (AvgIpc) is 3.29. The zero-order valence-electron chi connectivity index (χ0n) is 19.7. The quantitative estimate of drug-likeness (QED) is 0.392. The summed E-state index contributed by atoms with van der Waals surface area (Å²) in [6.45, 7) is 2.54. The molecule has 7 nitrogen and oxygen atoms in total. The summed E-state index contributed by atoms with van der Waals surface area (Å²) in [5.74, 6) is 0.664. The number of hydrogen-bond donors (Lipinski definition) is 2. The number of likely N-dealkylation sites (tertiary alicyclic amines) is 1. The number of furan rings is 1. The third kappa shape index (κ3) is 4.98. The zero-order chi connectivity index (χ0) is 25.2. The number of hydrogen-bond acceptors (Lipinski definition) is 5. The van der Waals surface area contributed by atoms with Gasteiger partial charge in [-0.2, -0.15) is 0 Å². The van der Waals surface area contributed by atoms with Crippen molar-refractivity contribution in [3.63, 3.8) is 0 Å². The van der Waals surface area contributed by atoms with Crippen LogP contribution in [0.25, 0.3) is 28.2 Å². The van der Waals surface area contributed by atoms with Crippen LogP contribution in [0.4, 0.5) is 10.2 Å². The van der Waals surface area contributed by atoms with Crippen LogP contribution in [0.5, 0.6) is 0 Å². The van der Waals surface area contributed by atoms with E-state index in [4.69, 9.17) is 10.2 Å². The Morgan fingerprint density at radius 1 is 1.14 bits per heavy atom. The molecule has 0 spiro atoms. The molecule has 0 atom stereocenters. The molecule has 0 unspecified atom stereocenters. The SMILES string of the molecule is Cc1cc(-c2ccc(C(=O)N3CC(F)C3)cc2)cc2cc(CNC(=O)/C=C/c3ccc(N)nc3)oc12. The van der Waals surface area contributed by atoms with Gasteiger partial charge in [-0.05, 0) is 77.7 Å². The maximum Gasteiger partial charge on any atom is 0.254 e. The highest BCUT2D eigenvalue weighted by atomic mass is 19.1. The van der Waals surface area contributed by atoms with Gasteiger partial charge >= 0.3 is 0 Å². The lowest BCUT2D eigenvalue weighted by Gasteiger charge is -2.34. The maximum atomic E-state index is 13.1. The Bertz CT molecular complexity index is 1450. The topological polar surface area (TPSA) is 101 Å². The number of nitrogens with two attached hydrogens (primary N) is 1. The van der Waals surface area contributed by atoms with Gasteiger partial charge in [0.2, 0.25) is 5.91 Å². The second kappa shape index (κ2) is 9.65. The van der Waals surface area contributed by atoms with Gasteiger partial charge in [0.25, 0.3) is 5.91 Å². The fraction of sp³-hybridized carbons (Fsp3) is 0.179. The zero-order valence-corrected chi connectivity index (χ0v) is 19.7. The summed E-state index contributed by atoms with van der Waals surface area (Å²) in [6.07, 6.45) is 3.78. The summed E-state index contributed by atoms with van der Waals surface area (Å²) >= 11 is 0. The third-order valence-corrected chi connectivity index (χ3v) is 6.12. The number of amides is 2. The number of rotatable bonds is 6. The number of anilines is 1. The molecule has 2 aromatic heterocycles. The van der Waals surface area contributed by atoms with Crippen LogP contribution in [0.2, 0.25) is 0 Å². The number of carbonyl (C=O) groups is 2. The third-order valence-electron chi connectivity index (χ3n) is 6.12. The fourth-order valence-corrected chi connectivity index (χ4v) is 4.13. The lowest BCUT2D eigenvalue weighted by Crippen LogP contribution is -2.51. The first-order chi connectivity index (χ1) is 17.4. The fourth-order valence-electron chi connectivity index (χ4n) is 4.13. The summed E-state index contributed by atoms with van der Waals surface area (Å²) in [5, 5.41) is 3.75. The van der Waals surface area contributed by atoms with Crippen LogP contribution in [-0.4, -0.2) is 41.0 Å². The van der Waals surface area contributed by atoms with Gasteiger partial charge in [-0.3, -0.25) is 9.59 Å². The minimum atomic E-state index is -0.917. The van der Waals surface area contributed by atoms with Gasteiger partial charge in [0.15, 0.2) is 0 Å². The molecule has 0 aliphatic carbocycles. The molecule has 5 rings (SSSR count). The summed E-state index contributed by atoms with van der Waals surface area (Å²) in [5.41, 5.74) is 10.6. The number of nitrogen functional groups attached to an aromatic ring is 1. The summed E-state index contributed by atoms with van der Waals surface area (Å²) in [7, 11) is 0. The van der Waals surface area contributed by atoms with Crippen LogP contribution in [-0.2, 0) is 11.3 Å². The Balaban J connectivity index is 1.26. The number of benzene rings is 2. The molecule has 3 heterocycles. The normalized spacial score (nSPS) is 13.8. The lowest BCUT2D eigenvalue weighted by atomic mass is 9.99. The van der Waals surface area contributed by atoms with Crippen molar-refractivity contribution in [3.05, 3.63) is 89.3 Å². The van der Waals surface area contributed by atoms with Crippen LogP contribution in [0.3, 0.4) is 0 Å². The van der Waals surface area contributed by atoms with Gasteiger partial charge in [0.05, 0.1) is 19.6 Å². The molecular weight excluding hydrogens is 459 g/mol. The summed E-state index contributed by atoms with van der Waals surface area (Å²) in [4.78, 5) is 30.1. The van der Waals surface area contributed by atoms with Gasteiger partial charge in [0, 0.05) is 23.2 Å². The molecule has 4 aromatic rings. The predicted molar refractivity (Wildman–Crippen MR) is 137 cm³/mol. The summed E-state index contributed by atoms with van der Waals surface area (Å²) < 4.78 is 19.0. The number of aryl methyl sites for hydroxylation is 1. The van der Waals surface area contributed by atoms with E-state index in [0.717, 1.165) is 33.2 Å². The van der Waals surface area contributed by atoms with E-state index in [0.29, 0.717) is 17.1 Å². The Morgan fingerprint density at radius 3 is 2.61 bits per heavy atom. The number of halogens is 1. The molecule has 0 saturated carbocycles. The largest absolute Gasteiger partial charge is 0.459 e. The second-order valence-corrected chi connectivity index (χ2v) is 8.88. The molecule has 1 aliphatic heterocycles. The number of aromatic nitrogens is 1. The van der Waals surface area contributed by atoms with Gasteiger partial charge in [-0.15, -0.1) is 0 Å². The summed E-state index contributed by atoms with van der Waals surface area (Å²) in [6, 6.07) is 16.7. The number of carbonyl (C=O) groups excluding carboxylic acids is 2. The number of alkyl halides is 1. The molecule has 1 saturated heterocycles. The van der Waals surface area contributed by atoms with E-state index in [2.05, 4.69) is 10.3 Å². The van der Waals surface area contributed by atoms with Crippen molar-refractivity contribution >= 4 is 34.7 Å². The highest BCUT2D eigenvalue weighted by molar-refractivity contribution is 5.95. The second-order valence-electron chi connectivity index (χ2n) is 8.88. The molecule has 182 valence electrons. The first kappa shape index (κ1) is 23.3. The van der Waals surface area contributed by atoms with Crippen molar-refractivity contribution in [2.45, 2.75) is 19.6 Å². The van der Waals surface area contributed by atoms with E-state index in [1.165, 1.54) is 11.0 Å². The number of pyridine rings is 1. The van der Waals surface area contributed by atoms with Crippen molar-refractivity contribution in [2.75, 3.05) is 18.8 Å². The molecule has 0 bridgehead atoms. The molecule has 36 heavy (non-hydrogen) atoms. The van der Waals surface area contributed by atoms with E-state index in [1.807, 2.05) is 37.3 Å². The smallest absolute Gasteiger partial charge is 0.254 e. The van der Waals surface area contributed by atoms with Crippen LogP contribution >= 0.6 is 0 Å². The molecule has 0 radical (unpaired) electrons. The minimum Gasteiger partial charge on any atom is -0.459 e. The van der Waals surface area contributed by atoms with Crippen molar-refractivity contribution < 1.29 is 18.4 Å². The van der Waals surface area contributed by atoms with Gasteiger partial charge < -0.3 is 20.4 Å². The predicted octanol–water partition coefficient (Wildman–Crippen LogP) is 4.51. The highest BCUT2D eigenvalue weighted by Gasteiger charge is 2.30. The van der Waals surface area contributed by atoms with Crippen LogP contribution in [0.1, 0.15) is 27.2 Å². The van der Waals surface area contributed by atoms with Crippen LogP contribution in [0.15, 0.2) is 71.3 Å². The molecule has 8 heteroatoms. The lowest BCUT2D eigenvalue weighted by molar-refractivity contribution is -0.116. The number of nitrogens with one attached hydrogen (secondary N) is 1. The maximum absolute atomic E-state index is 13.1. The highest BCUT2D eigenvalue weighted by Crippen LogP contribution is 2.30. The number of nitrogens with zero attached hydrogens (tertiary/aromatic N) is 2. The van der Waals surface area contributed by atoms with Crippen molar-refractivity contribution in [1.82, 2.24) is 15.2 Å². The number of fused-ring (bicyclic) bond motifs is 1.